The molecule has 96 valence electrons. The molecule has 0 saturated carbocycles. The van der Waals surface area contributed by atoms with Gasteiger partial charge in [0.15, 0.2) is 0 Å². The van der Waals surface area contributed by atoms with Crippen LogP contribution in [0.4, 0.5) is 5.82 Å². The Hall–Kier alpha value is -1.57. The van der Waals surface area contributed by atoms with Crippen LogP contribution in [0.15, 0.2) is 36.5 Å². The van der Waals surface area contributed by atoms with Crippen molar-refractivity contribution >= 4 is 16.6 Å². The van der Waals surface area contributed by atoms with Crippen LogP contribution in [0.1, 0.15) is 33.6 Å². The Balaban J connectivity index is 2.16. The second kappa shape index (κ2) is 5.85. The smallest absolute Gasteiger partial charge is 0.134 e. The summed E-state index contributed by atoms with van der Waals surface area (Å²) < 4.78 is 0. The fourth-order valence-corrected chi connectivity index (χ4v) is 2.30. The molecule has 0 bridgehead atoms. The third kappa shape index (κ3) is 3.00. The van der Waals surface area contributed by atoms with Crippen molar-refractivity contribution in [3.05, 3.63) is 36.5 Å². The van der Waals surface area contributed by atoms with Crippen molar-refractivity contribution in [1.29, 1.82) is 0 Å². The minimum Gasteiger partial charge on any atom is -0.367 e. The van der Waals surface area contributed by atoms with E-state index in [1.165, 1.54) is 23.6 Å². The zero-order chi connectivity index (χ0) is 13.0. The second-order valence-electron chi connectivity index (χ2n) is 5.18. The predicted molar refractivity (Wildman–Crippen MR) is 78.9 cm³/mol. The maximum atomic E-state index is 4.47. The van der Waals surface area contributed by atoms with Gasteiger partial charge in [0.2, 0.25) is 0 Å². The lowest BCUT2D eigenvalue weighted by Crippen LogP contribution is -2.19. The van der Waals surface area contributed by atoms with Gasteiger partial charge < -0.3 is 5.32 Å². The number of nitrogens with one attached hydrogen (secondary N) is 1. The molecule has 1 aromatic carbocycles. The molecule has 0 spiro atoms. The zero-order valence-electron chi connectivity index (χ0n) is 11.5. The van der Waals surface area contributed by atoms with Gasteiger partial charge in [-0.3, -0.25) is 0 Å². The van der Waals surface area contributed by atoms with E-state index in [-0.39, 0.29) is 0 Å². The van der Waals surface area contributed by atoms with Gasteiger partial charge in [0.1, 0.15) is 5.82 Å². The first-order valence-corrected chi connectivity index (χ1v) is 6.81. The SMILES string of the molecule is CCC(C)CC(C)Nc1nccc2ccccc12. The molecule has 0 aliphatic carbocycles. The number of rotatable bonds is 5. The van der Waals surface area contributed by atoms with E-state index in [0.29, 0.717) is 6.04 Å². The number of pyridine rings is 1. The van der Waals surface area contributed by atoms with Gasteiger partial charge in [0.25, 0.3) is 0 Å². The largest absolute Gasteiger partial charge is 0.367 e. The van der Waals surface area contributed by atoms with E-state index in [4.69, 9.17) is 0 Å². The molecule has 2 unspecified atom stereocenters. The fourth-order valence-electron chi connectivity index (χ4n) is 2.30. The summed E-state index contributed by atoms with van der Waals surface area (Å²) >= 11 is 0. The highest BCUT2D eigenvalue weighted by molar-refractivity contribution is 5.91. The number of benzene rings is 1. The molecule has 0 aliphatic heterocycles. The summed E-state index contributed by atoms with van der Waals surface area (Å²) in [4.78, 5) is 4.47. The summed E-state index contributed by atoms with van der Waals surface area (Å²) in [5, 5.41) is 5.99. The van der Waals surface area contributed by atoms with E-state index in [1.807, 2.05) is 6.20 Å². The summed E-state index contributed by atoms with van der Waals surface area (Å²) in [6, 6.07) is 10.9. The summed E-state index contributed by atoms with van der Waals surface area (Å²) in [5.41, 5.74) is 0. The van der Waals surface area contributed by atoms with Crippen LogP contribution >= 0.6 is 0 Å². The van der Waals surface area contributed by atoms with Gasteiger partial charge >= 0.3 is 0 Å². The van der Waals surface area contributed by atoms with Crippen molar-refractivity contribution in [2.75, 3.05) is 5.32 Å². The van der Waals surface area contributed by atoms with E-state index in [2.05, 4.69) is 61.4 Å². The van der Waals surface area contributed by atoms with Crippen LogP contribution in [0.5, 0.6) is 0 Å². The van der Waals surface area contributed by atoms with Crippen molar-refractivity contribution < 1.29 is 0 Å². The molecule has 2 atom stereocenters. The third-order valence-electron chi connectivity index (χ3n) is 3.51. The van der Waals surface area contributed by atoms with Gasteiger partial charge in [0, 0.05) is 17.6 Å². The van der Waals surface area contributed by atoms with Gasteiger partial charge in [-0.15, -0.1) is 0 Å². The number of hydrogen-bond donors (Lipinski definition) is 1. The maximum Gasteiger partial charge on any atom is 0.134 e. The Bertz CT molecular complexity index is 502. The van der Waals surface area contributed by atoms with Crippen LogP contribution in [0, 0.1) is 5.92 Å². The van der Waals surface area contributed by atoms with Crippen molar-refractivity contribution in [2.45, 2.75) is 39.7 Å². The lowest BCUT2D eigenvalue weighted by Gasteiger charge is -2.19. The molecule has 2 aromatic rings. The van der Waals surface area contributed by atoms with Crippen LogP contribution in [0.2, 0.25) is 0 Å². The van der Waals surface area contributed by atoms with E-state index in [0.717, 1.165) is 11.7 Å². The maximum absolute atomic E-state index is 4.47. The van der Waals surface area contributed by atoms with Crippen LogP contribution in [0.25, 0.3) is 10.8 Å². The zero-order valence-corrected chi connectivity index (χ0v) is 11.5. The number of nitrogens with zero attached hydrogens (tertiary/aromatic N) is 1. The summed E-state index contributed by atoms with van der Waals surface area (Å²) in [5.74, 6) is 1.76. The predicted octanol–water partition coefficient (Wildman–Crippen LogP) is 4.47. The molecule has 0 aliphatic rings. The van der Waals surface area contributed by atoms with Gasteiger partial charge in [-0.1, -0.05) is 44.5 Å². The highest BCUT2D eigenvalue weighted by atomic mass is 15.0. The second-order valence-corrected chi connectivity index (χ2v) is 5.18. The van der Waals surface area contributed by atoms with E-state index < -0.39 is 0 Å². The Morgan fingerprint density at radius 2 is 1.94 bits per heavy atom. The van der Waals surface area contributed by atoms with Crippen molar-refractivity contribution in [2.24, 2.45) is 5.92 Å². The molecule has 1 N–H and O–H groups in total. The Morgan fingerprint density at radius 1 is 1.17 bits per heavy atom. The highest BCUT2D eigenvalue weighted by Crippen LogP contribution is 2.22. The monoisotopic (exact) mass is 242 g/mol. The van der Waals surface area contributed by atoms with Crippen molar-refractivity contribution in [1.82, 2.24) is 4.98 Å². The molecular formula is C16H22N2. The van der Waals surface area contributed by atoms with Crippen LogP contribution in [-0.2, 0) is 0 Å². The topological polar surface area (TPSA) is 24.9 Å². The molecule has 1 aromatic heterocycles. The summed E-state index contributed by atoms with van der Waals surface area (Å²) in [7, 11) is 0. The quantitative estimate of drug-likeness (QED) is 0.836. The fraction of sp³-hybridized carbons (Fsp3) is 0.438. The standard InChI is InChI=1S/C16H22N2/c1-4-12(2)11-13(3)18-16-15-8-6-5-7-14(15)9-10-17-16/h5-10,12-13H,4,11H2,1-3H3,(H,17,18). The van der Waals surface area contributed by atoms with Crippen LogP contribution in [0.3, 0.4) is 0 Å². The van der Waals surface area contributed by atoms with Crippen LogP contribution < -0.4 is 5.32 Å². The Morgan fingerprint density at radius 3 is 2.72 bits per heavy atom. The minimum absolute atomic E-state index is 0.457. The first kappa shape index (κ1) is 12.9. The molecule has 0 fully saturated rings. The van der Waals surface area contributed by atoms with E-state index in [1.54, 1.807) is 0 Å². The van der Waals surface area contributed by atoms with Crippen molar-refractivity contribution in [3.8, 4) is 0 Å². The number of aromatic nitrogens is 1. The number of fused-ring (bicyclic) bond motifs is 1. The Kier molecular flexibility index (Phi) is 4.19. The molecule has 2 rings (SSSR count). The molecule has 0 saturated heterocycles. The van der Waals surface area contributed by atoms with Gasteiger partial charge in [-0.05, 0) is 30.7 Å². The summed E-state index contributed by atoms with van der Waals surface area (Å²) in [6.45, 7) is 6.78. The molecular weight excluding hydrogens is 220 g/mol. The third-order valence-corrected chi connectivity index (χ3v) is 3.51. The molecule has 18 heavy (non-hydrogen) atoms. The van der Waals surface area contributed by atoms with Gasteiger partial charge in [-0.2, -0.15) is 0 Å². The lowest BCUT2D eigenvalue weighted by molar-refractivity contribution is 0.483. The Labute approximate surface area is 109 Å². The molecule has 1 heterocycles. The van der Waals surface area contributed by atoms with Gasteiger partial charge in [0.05, 0.1) is 0 Å². The lowest BCUT2D eigenvalue weighted by atomic mass is 10.0. The molecule has 0 amide bonds. The minimum atomic E-state index is 0.457. The van der Waals surface area contributed by atoms with Crippen LogP contribution in [-0.4, -0.2) is 11.0 Å². The molecule has 0 radical (unpaired) electrons. The van der Waals surface area contributed by atoms with E-state index in [9.17, 15) is 0 Å². The number of hydrogen-bond acceptors (Lipinski definition) is 2. The average molecular weight is 242 g/mol. The highest BCUT2D eigenvalue weighted by Gasteiger charge is 2.09. The normalized spacial score (nSPS) is 14.4. The van der Waals surface area contributed by atoms with Crippen molar-refractivity contribution in [3.63, 3.8) is 0 Å². The average Bonchev–Trinajstić information content (AvgIpc) is 2.39. The molecule has 2 nitrogen and oxygen atoms in total. The first-order valence-electron chi connectivity index (χ1n) is 6.81. The number of anilines is 1. The molecule has 2 heteroatoms. The first-order chi connectivity index (χ1) is 8.70. The van der Waals surface area contributed by atoms with Gasteiger partial charge in [-0.25, -0.2) is 4.98 Å². The summed E-state index contributed by atoms with van der Waals surface area (Å²) in [6.07, 6.45) is 4.29. The van der Waals surface area contributed by atoms with E-state index >= 15 is 0 Å².